The van der Waals surface area contributed by atoms with Gasteiger partial charge in [0.25, 0.3) is 11.6 Å². The fourth-order valence-corrected chi connectivity index (χ4v) is 7.27. The van der Waals surface area contributed by atoms with E-state index in [0.717, 1.165) is 6.42 Å². The molecule has 0 aliphatic rings. The Morgan fingerprint density at radius 1 is 0.737 bits per heavy atom. The molecule has 0 spiro atoms. The minimum absolute atomic E-state index is 0.0513. The zero-order valence-electron chi connectivity index (χ0n) is 22.8. The molecule has 0 bridgehead atoms. The van der Waals surface area contributed by atoms with Crippen LogP contribution in [0.2, 0.25) is 0 Å². The van der Waals surface area contributed by atoms with Crippen LogP contribution in [0, 0.1) is 0 Å². The molecule has 218 valence electrons. The number of carbonyl (C=O) groups excluding carboxylic acids is 4. The summed E-state index contributed by atoms with van der Waals surface area (Å²) in [6.07, 6.45) is 0.720. The van der Waals surface area contributed by atoms with Crippen molar-refractivity contribution in [1.82, 2.24) is 10.6 Å². The lowest BCUT2D eigenvalue weighted by molar-refractivity contribution is -0.149. The highest BCUT2D eigenvalue weighted by Crippen LogP contribution is 2.34. The number of thioether (sulfide) groups is 2. The van der Waals surface area contributed by atoms with Crippen LogP contribution < -0.4 is 10.6 Å². The molecule has 0 heterocycles. The van der Waals surface area contributed by atoms with Crippen LogP contribution in [0.5, 0.6) is 0 Å². The molecule has 10 nitrogen and oxygen atoms in total. The van der Waals surface area contributed by atoms with Crippen LogP contribution in [0.1, 0.15) is 67.2 Å². The van der Waals surface area contributed by atoms with Crippen molar-refractivity contribution in [2.45, 2.75) is 87.2 Å². The number of hydrogen-bond donors (Lipinski definition) is 4. The standard InChI is InChI=1S/C24H40N2O8S4/c1-7-24(5,6)38-16(20(30)22(33)34)14-18(28)26-11-13-36-35-12-10-25-17(27)9-8-15(19(29)21(31)32)37-23(2,3)4/h15-16H,7-14H2,1-6H3,(H,25,27)(H,26,28)(H,31,32)(H,33,34). The van der Waals surface area contributed by atoms with E-state index in [-0.39, 0.29) is 40.6 Å². The van der Waals surface area contributed by atoms with Crippen molar-refractivity contribution in [3.63, 3.8) is 0 Å². The highest BCUT2D eigenvalue weighted by Gasteiger charge is 2.33. The van der Waals surface area contributed by atoms with Gasteiger partial charge in [0.1, 0.15) is 0 Å². The number of carbonyl (C=O) groups is 6. The summed E-state index contributed by atoms with van der Waals surface area (Å²) < 4.78 is -0.650. The highest BCUT2D eigenvalue weighted by atomic mass is 33.1. The van der Waals surface area contributed by atoms with Gasteiger partial charge in [0.2, 0.25) is 11.8 Å². The molecule has 0 rings (SSSR count). The fourth-order valence-electron chi connectivity index (χ4n) is 2.78. The van der Waals surface area contributed by atoms with Crippen molar-refractivity contribution in [3.8, 4) is 0 Å². The average Bonchev–Trinajstić information content (AvgIpc) is 2.80. The first-order valence-corrected chi connectivity index (χ1v) is 16.4. The van der Waals surface area contributed by atoms with Gasteiger partial charge in [0.05, 0.1) is 10.5 Å². The Morgan fingerprint density at radius 2 is 1.21 bits per heavy atom. The number of Topliss-reactive ketones (excluding diaryl/α,β-unsaturated/α-hetero) is 2. The second-order valence-electron chi connectivity index (χ2n) is 9.86. The maximum atomic E-state index is 12.2. The van der Waals surface area contributed by atoms with E-state index < -0.39 is 34.0 Å². The third-order valence-electron chi connectivity index (χ3n) is 4.92. The summed E-state index contributed by atoms with van der Waals surface area (Å²) >= 11 is 2.44. The van der Waals surface area contributed by atoms with E-state index in [1.54, 1.807) is 0 Å². The van der Waals surface area contributed by atoms with Gasteiger partial charge in [-0.25, -0.2) is 9.59 Å². The van der Waals surface area contributed by atoms with E-state index >= 15 is 0 Å². The Balaban J connectivity index is 4.24. The number of carboxylic acids is 2. The molecule has 4 N–H and O–H groups in total. The molecule has 0 saturated carbocycles. The third-order valence-corrected chi connectivity index (χ3v) is 10.4. The van der Waals surface area contributed by atoms with Gasteiger partial charge in [-0.1, -0.05) is 63.1 Å². The molecule has 0 aromatic heterocycles. The molecule has 2 unspecified atom stereocenters. The average molecular weight is 613 g/mol. The topological polar surface area (TPSA) is 167 Å². The fraction of sp³-hybridized carbons (Fsp3) is 0.750. The van der Waals surface area contributed by atoms with Gasteiger partial charge in [-0.15, -0.1) is 23.5 Å². The number of ketones is 2. The second kappa shape index (κ2) is 18.1. The molecule has 0 fully saturated rings. The quantitative estimate of drug-likeness (QED) is 0.0901. The van der Waals surface area contributed by atoms with Gasteiger partial charge in [-0.05, 0) is 12.8 Å². The third kappa shape index (κ3) is 17.3. The molecule has 0 saturated heterocycles. The van der Waals surface area contributed by atoms with Crippen molar-refractivity contribution in [1.29, 1.82) is 0 Å². The maximum absolute atomic E-state index is 12.2. The minimum Gasteiger partial charge on any atom is -0.475 e. The molecular weight excluding hydrogens is 573 g/mol. The van der Waals surface area contributed by atoms with E-state index in [1.807, 2.05) is 41.5 Å². The molecule has 0 aliphatic heterocycles. The van der Waals surface area contributed by atoms with E-state index in [0.29, 0.717) is 24.6 Å². The van der Waals surface area contributed by atoms with Gasteiger partial charge in [-0.3, -0.25) is 19.2 Å². The largest absolute Gasteiger partial charge is 0.475 e. The predicted molar refractivity (Wildman–Crippen MR) is 157 cm³/mol. The summed E-state index contributed by atoms with van der Waals surface area (Å²) in [7, 11) is 2.99. The lowest BCUT2D eigenvalue weighted by Crippen LogP contribution is -2.36. The molecule has 38 heavy (non-hydrogen) atoms. The van der Waals surface area contributed by atoms with Crippen LogP contribution in [-0.2, 0) is 28.8 Å². The van der Waals surface area contributed by atoms with Crippen molar-refractivity contribution >= 4 is 80.4 Å². The molecule has 2 amide bonds. The lowest BCUT2D eigenvalue weighted by atomic mass is 10.1. The van der Waals surface area contributed by atoms with Gasteiger partial charge < -0.3 is 20.8 Å². The van der Waals surface area contributed by atoms with E-state index in [9.17, 15) is 28.8 Å². The number of amides is 2. The van der Waals surface area contributed by atoms with Crippen LogP contribution in [0.3, 0.4) is 0 Å². The van der Waals surface area contributed by atoms with Crippen molar-refractivity contribution in [3.05, 3.63) is 0 Å². The summed E-state index contributed by atoms with van der Waals surface area (Å²) in [5.41, 5.74) is 0. The predicted octanol–water partition coefficient (Wildman–Crippen LogP) is 3.27. The molecular formula is C24H40N2O8S4. The van der Waals surface area contributed by atoms with E-state index in [1.165, 1.54) is 45.1 Å². The Hall–Kier alpha value is -1.38. The van der Waals surface area contributed by atoms with E-state index in [4.69, 9.17) is 10.2 Å². The van der Waals surface area contributed by atoms with Crippen LogP contribution in [0.15, 0.2) is 0 Å². The summed E-state index contributed by atoms with van der Waals surface area (Å²) in [4.78, 5) is 70.4. The summed E-state index contributed by atoms with van der Waals surface area (Å²) in [5.74, 6) is -4.36. The number of hydrogen-bond acceptors (Lipinski definition) is 10. The number of aliphatic carboxylic acids is 2. The Kier molecular flexibility index (Phi) is 17.4. The molecule has 2 atom stereocenters. The summed E-state index contributed by atoms with van der Waals surface area (Å²) in [6, 6.07) is 0. The second-order valence-corrected chi connectivity index (χ2v) is 16.5. The first-order valence-electron chi connectivity index (χ1n) is 12.2. The van der Waals surface area contributed by atoms with Crippen LogP contribution >= 0.6 is 45.1 Å². The zero-order valence-corrected chi connectivity index (χ0v) is 26.1. The first kappa shape index (κ1) is 36.6. The van der Waals surface area contributed by atoms with Crippen molar-refractivity contribution < 1.29 is 39.0 Å². The molecule has 14 heteroatoms. The van der Waals surface area contributed by atoms with Crippen molar-refractivity contribution in [2.75, 3.05) is 24.6 Å². The number of carboxylic acid groups (broad SMARTS) is 2. The van der Waals surface area contributed by atoms with Gasteiger partial charge in [0, 0.05) is 46.9 Å². The Labute approximate surface area is 241 Å². The van der Waals surface area contributed by atoms with E-state index in [2.05, 4.69) is 10.6 Å². The molecule has 0 aromatic rings. The zero-order chi connectivity index (χ0) is 29.5. The Bertz CT molecular complexity index is 846. The Morgan fingerprint density at radius 3 is 1.66 bits per heavy atom. The summed E-state index contributed by atoms with van der Waals surface area (Å²) in [6.45, 7) is 12.1. The first-order chi connectivity index (χ1) is 17.5. The van der Waals surface area contributed by atoms with Crippen LogP contribution in [0.25, 0.3) is 0 Å². The molecule has 0 radical (unpaired) electrons. The number of nitrogens with one attached hydrogen (secondary N) is 2. The summed E-state index contributed by atoms with van der Waals surface area (Å²) in [5, 5.41) is 21.8. The SMILES string of the molecule is CCC(C)(C)SC(CC(=O)NCCSSCCNC(=O)CCC(SC(C)(C)C)C(=O)C(=O)O)C(=O)C(=O)O. The number of rotatable bonds is 20. The monoisotopic (exact) mass is 612 g/mol. The van der Waals surface area contributed by atoms with Crippen molar-refractivity contribution in [2.24, 2.45) is 0 Å². The lowest BCUT2D eigenvalue weighted by Gasteiger charge is -2.26. The van der Waals surface area contributed by atoms with Gasteiger partial charge in [-0.2, -0.15) is 0 Å². The highest BCUT2D eigenvalue weighted by molar-refractivity contribution is 8.76. The minimum atomic E-state index is -1.54. The van der Waals surface area contributed by atoms with Gasteiger partial charge >= 0.3 is 11.9 Å². The van der Waals surface area contributed by atoms with Crippen LogP contribution in [-0.4, -0.2) is 90.1 Å². The maximum Gasteiger partial charge on any atom is 0.373 e. The normalized spacial score (nSPS) is 13.3. The molecule has 0 aliphatic carbocycles. The molecule has 0 aromatic carbocycles. The smallest absolute Gasteiger partial charge is 0.373 e. The van der Waals surface area contributed by atoms with Crippen LogP contribution in [0.4, 0.5) is 0 Å². The van der Waals surface area contributed by atoms with Gasteiger partial charge in [0.15, 0.2) is 0 Å².